The third kappa shape index (κ3) is 7.91. The highest BCUT2D eigenvalue weighted by molar-refractivity contribution is 5.66. The normalized spacial score (nSPS) is 39.1. The van der Waals surface area contributed by atoms with Gasteiger partial charge in [-0.15, -0.1) is 6.58 Å². The lowest BCUT2D eigenvalue weighted by molar-refractivity contribution is -0.320. The van der Waals surface area contributed by atoms with Crippen LogP contribution in [0.2, 0.25) is 0 Å². The number of methoxy groups -OCH3 is 1. The van der Waals surface area contributed by atoms with Gasteiger partial charge in [-0.3, -0.25) is 9.59 Å². The predicted octanol–water partition coefficient (Wildman–Crippen LogP) is 2.61. The van der Waals surface area contributed by atoms with E-state index in [1.807, 2.05) is 20.8 Å². The Morgan fingerprint density at radius 3 is 2.40 bits per heavy atom. The Morgan fingerprint density at radius 2 is 1.79 bits per heavy atom. The number of fused-ring (bicyclic) bond motifs is 2. The zero-order chi connectivity index (χ0) is 35.7. The van der Waals surface area contributed by atoms with Gasteiger partial charge in [-0.1, -0.05) is 37.1 Å². The van der Waals surface area contributed by atoms with Crippen LogP contribution >= 0.6 is 0 Å². The number of esters is 2. The predicted molar refractivity (Wildman–Crippen MR) is 174 cm³/mol. The van der Waals surface area contributed by atoms with Gasteiger partial charge in [0.2, 0.25) is 0 Å². The summed E-state index contributed by atoms with van der Waals surface area (Å²) in [6, 6.07) is 0. The highest BCUT2D eigenvalue weighted by Crippen LogP contribution is 2.56. The van der Waals surface area contributed by atoms with Gasteiger partial charge in [-0.25, -0.2) is 0 Å². The van der Waals surface area contributed by atoms with Crippen LogP contribution in [0.25, 0.3) is 0 Å². The maximum atomic E-state index is 12.3. The van der Waals surface area contributed by atoms with Crippen LogP contribution in [0.15, 0.2) is 35.5 Å². The molecule has 0 spiro atoms. The molecule has 0 radical (unpaired) electrons. The molecule has 48 heavy (non-hydrogen) atoms. The number of hydrogen-bond donors (Lipinski definition) is 4. The van der Waals surface area contributed by atoms with Gasteiger partial charge in [0.25, 0.3) is 0 Å². The summed E-state index contributed by atoms with van der Waals surface area (Å²) in [6.45, 7) is 16.0. The van der Waals surface area contributed by atoms with Crippen molar-refractivity contribution < 1.29 is 58.4 Å². The Bertz CT molecular complexity index is 1240. The minimum absolute atomic E-state index is 0.0190. The summed E-state index contributed by atoms with van der Waals surface area (Å²) < 4.78 is 35.1. The van der Waals surface area contributed by atoms with Crippen molar-refractivity contribution in [1.29, 1.82) is 0 Å². The maximum absolute atomic E-state index is 12.3. The van der Waals surface area contributed by atoms with Crippen molar-refractivity contribution >= 4 is 11.9 Å². The van der Waals surface area contributed by atoms with Gasteiger partial charge in [0, 0.05) is 38.2 Å². The molecule has 12 unspecified atom stereocenters. The van der Waals surface area contributed by atoms with Gasteiger partial charge in [0.1, 0.15) is 24.4 Å². The van der Waals surface area contributed by atoms with Crippen molar-refractivity contribution in [2.24, 2.45) is 29.1 Å². The van der Waals surface area contributed by atoms with Gasteiger partial charge < -0.3 is 48.8 Å². The van der Waals surface area contributed by atoms with Gasteiger partial charge in [0.05, 0.1) is 37.6 Å². The van der Waals surface area contributed by atoms with E-state index in [4.69, 9.17) is 28.4 Å². The summed E-state index contributed by atoms with van der Waals surface area (Å²) in [4.78, 5) is 23.8. The second-order valence-corrected chi connectivity index (χ2v) is 14.7. The minimum atomic E-state index is -1.63. The van der Waals surface area contributed by atoms with E-state index in [-0.39, 0.29) is 43.3 Å². The second kappa shape index (κ2) is 15.4. The van der Waals surface area contributed by atoms with Crippen LogP contribution in [-0.4, -0.2) is 114 Å². The van der Waals surface area contributed by atoms with Crippen molar-refractivity contribution in [3.05, 3.63) is 35.5 Å². The molecular weight excluding hydrogens is 624 g/mol. The SMILES string of the molecule is C=CC(C)(C)OCC1OC(OC2C3=C(C(C)COC(C)=O)CC(O)[C@]3(C)C=C3C(COC)CCC3C(C)C2O)C(O)C(OC(C)=O)C1O. The molecule has 0 amide bonds. The molecule has 12 heteroatoms. The Labute approximate surface area is 284 Å². The van der Waals surface area contributed by atoms with Gasteiger partial charge in [-0.2, -0.15) is 0 Å². The molecule has 3 aliphatic carbocycles. The Kier molecular flexibility index (Phi) is 12.4. The third-order valence-electron chi connectivity index (χ3n) is 10.8. The first-order valence-corrected chi connectivity index (χ1v) is 17.0. The molecule has 1 saturated carbocycles. The van der Waals surface area contributed by atoms with E-state index >= 15 is 0 Å². The summed E-state index contributed by atoms with van der Waals surface area (Å²) >= 11 is 0. The molecule has 4 N–H and O–H groups in total. The number of carbonyl (C=O) groups excluding carboxylic acids is 2. The molecule has 13 atom stereocenters. The summed E-state index contributed by atoms with van der Waals surface area (Å²) in [5.41, 5.74) is 0.746. The van der Waals surface area contributed by atoms with Crippen LogP contribution in [0.3, 0.4) is 0 Å². The highest BCUT2D eigenvalue weighted by atomic mass is 16.7. The maximum Gasteiger partial charge on any atom is 0.303 e. The van der Waals surface area contributed by atoms with Crippen LogP contribution < -0.4 is 0 Å². The van der Waals surface area contributed by atoms with Gasteiger partial charge in [-0.05, 0) is 57.4 Å². The van der Waals surface area contributed by atoms with Crippen molar-refractivity contribution in [3.8, 4) is 0 Å². The Balaban J connectivity index is 1.82. The fourth-order valence-corrected chi connectivity index (χ4v) is 7.88. The number of ether oxygens (including phenoxy) is 6. The zero-order valence-corrected chi connectivity index (χ0v) is 29.6. The molecule has 0 aromatic heterocycles. The summed E-state index contributed by atoms with van der Waals surface area (Å²) in [5, 5.41) is 46.7. The zero-order valence-electron chi connectivity index (χ0n) is 29.6. The average Bonchev–Trinajstić information content (AvgIpc) is 3.52. The monoisotopic (exact) mass is 680 g/mol. The molecule has 0 aromatic rings. The van der Waals surface area contributed by atoms with Crippen molar-refractivity contribution in [3.63, 3.8) is 0 Å². The fraction of sp³-hybridized carbons (Fsp3) is 0.778. The van der Waals surface area contributed by atoms with E-state index < -0.39 is 72.0 Å². The quantitative estimate of drug-likeness (QED) is 0.176. The summed E-state index contributed by atoms with van der Waals surface area (Å²) in [6.07, 6.45) is -4.54. The molecule has 4 rings (SSSR count). The van der Waals surface area contributed by atoms with Crippen LogP contribution in [0.4, 0.5) is 0 Å². The Morgan fingerprint density at radius 1 is 1.10 bits per heavy atom. The topological polar surface area (TPSA) is 170 Å². The average molecular weight is 681 g/mol. The highest BCUT2D eigenvalue weighted by Gasteiger charge is 2.56. The lowest BCUT2D eigenvalue weighted by Gasteiger charge is -2.47. The van der Waals surface area contributed by atoms with Gasteiger partial charge in [0.15, 0.2) is 12.4 Å². The largest absolute Gasteiger partial charge is 0.465 e. The standard InChI is InChI=1S/C36H56O12/c1-10-35(6,7)45-17-26-30(41)33(46-21(5)38)31(42)34(47-26)48-32-28-24(18(2)15-44-20(4)37)13-27(39)36(28,8)14-25-22(16-43-9)11-12-23(25)19(3)29(32)40/h10,14,18-19,22-23,26-27,29-34,39-42H,1,11-13,15-17H2,2-9H3/t18?,19?,22?,23?,26?,27?,29?,30?,31?,32?,33?,34?,36-/m0/s1. The lowest BCUT2D eigenvalue weighted by Crippen LogP contribution is -2.62. The molecule has 1 heterocycles. The van der Waals surface area contributed by atoms with Crippen LogP contribution in [0.5, 0.6) is 0 Å². The molecule has 0 bridgehead atoms. The fourth-order valence-electron chi connectivity index (χ4n) is 7.88. The first kappa shape index (κ1) is 38.6. The van der Waals surface area contributed by atoms with E-state index in [2.05, 4.69) is 12.7 Å². The van der Waals surface area contributed by atoms with E-state index in [1.54, 1.807) is 27.0 Å². The molecule has 1 aliphatic heterocycles. The van der Waals surface area contributed by atoms with E-state index in [0.717, 1.165) is 24.0 Å². The van der Waals surface area contributed by atoms with Crippen molar-refractivity contribution in [1.82, 2.24) is 0 Å². The van der Waals surface area contributed by atoms with Crippen LogP contribution in [0.1, 0.15) is 67.7 Å². The number of aliphatic hydroxyl groups excluding tert-OH is 4. The van der Waals surface area contributed by atoms with E-state index in [1.165, 1.54) is 13.8 Å². The molecule has 1 saturated heterocycles. The minimum Gasteiger partial charge on any atom is -0.465 e. The molecule has 272 valence electrons. The summed E-state index contributed by atoms with van der Waals surface area (Å²) in [7, 11) is 1.66. The molecule has 2 fully saturated rings. The summed E-state index contributed by atoms with van der Waals surface area (Å²) in [5.74, 6) is -1.70. The first-order chi connectivity index (χ1) is 22.4. The van der Waals surface area contributed by atoms with Crippen LogP contribution in [0, 0.1) is 29.1 Å². The number of hydrogen-bond acceptors (Lipinski definition) is 12. The second-order valence-electron chi connectivity index (χ2n) is 14.7. The van der Waals surface area contributed by atoms with E-state index in [0.29, 0.717) is 12.2 Å². The third-order valence-corrected chi connectivity index (χ3v) is 10.8. The van der Waals surface area contributed by atoms with Crippen molar-refractivity contribution in [2.75, 3.05) is 26.9 Å². The number of aliphatic hydroxyl groups is 4. The molecular formula is C36H56O12. The Hall–Kier alpha value is -2.16. The molecule has 4 aliphatic rings. The molecule has 0 aromatic carbocycles. The lowest BCUT2D eigenvalue weighted by atomic mass is 9.68. The van der Waals surface area contributed by atoms with Gasteiger partial charge >= 0.3 is 11.9 Å². The molecule has 12 nitrogen and oxygen atoms in total. The smallest absolute Gasteiger partial charge is 0.303 e. The van der Waals surface area contributed by atoms with Crippen LogP contribution in [-0.2, 0) is 38.0 Å². The first-order valence-electron chi connectivity index (χ1n) is 17.0. The van der Waals surface area contributed by atoms with E-state index in [9.17, 15) is 30.0 Å². The number of rotatable bonds is 12. The number of carbonyl (C=O) groups is 2. The van der Waals surface area contributed by atoms with Crippen molar-refractivity contribution in [2.45, 2.75) is 122 Å².